The Hall–Kier alpha value is -2.04. The summed E-state index contributed by atoms with van der Waals surface area (Å²) in [5.41, 5.74) is 0.379. The van der Waals surface area contributed by atoms with Crippen molar-refractivity contribution in [3.05, 3.63) is 30.4 Å². The van der Waals surface area contributed by atoms with Gasteiger partial charge in [0.05, 0.1) is 18.4 Å². The van der Waals surface area contributed by atoms with Gasteiger partial charge in [0, 0.05) is 0 Å². The molecule has 1 N–H and O–H groups in total. The SMILES string of the molecule is O=C(O)Cc1coc(-c2ccco2)n1. The first-order valence-electron chi connectivity index (χ1n) is 3.96. The van der Waals surface area contributed by atoms with Crippen LogP contribution < -0.4 is 0 Å². The largest absolute Gasteiger partial charge is 0.481 e. The van der Waals surface area contributed by atoms with E-state index in [2.05, 4.69) is 4.98 Å². The molecule has 0 aromatic carbocycles. The number of rotatable bonds is 3. The maximum Gasteiger partial charge on any atom is 0.309 e. The average molecular weight is 193 g/mol. The van der Waals surface area contributed by atoms with E-state index in [9.17, 15) is 4.79 Å². The van der Waals surface area contributed by atoms with Gasteiger partial charge in [-0.15, -0.1) is 0 Å². The second-order valence-electron chi connectivity index (χ2n) is 2.69. The van der Waals surface area contributed by atoms with Gasteiger partial charge in [-0.1, -0.05) is 0 Å². The Kier molecular flexibility index (Phi) is 2.06. The molecule has 0 bridgehead atoms. The van der Waals surface area contributed by atoms with Crippen LogP contribution in [-0.4, -0.2) is 16.1 Å². The van der Waals surface area contributed by atoms with Gasteiger partial charge in [-0.25, -0.2) is 4.98 Å². The third-order valence-electron chi connectivity index (χ3n) is 1.62. The molecule has 5 nitrogen and oxygen atoms in total. The number of hydrogen-bond donors (Lipinski definition) is 1. The van der Waals surface area contributed by atoms with Crippen molar-refractivity contribution < 1.29 is 18.7 Å². The molecule has 2 heterocycles. The van der Waals surface area contributed by atoms with Crippen molar-refractivity contribution in [3.63, 3.8) is 0 Å². The van der Waals surface area contributed by atoms with Crippen LogP contribution in [0.25, 0.3) is 11.7 Å². The number of carboxylic acid groups (broad SMARTS) is 1. The van der Waals surface area contributed by atoms with E-state index >= 15 is 0 Å². The van der Waals surface area contributed by atoms with Crippen LogP contribution in [0.2, 0.25) is 0 Å². The minimum Gasteiger partial charge on any atom is -0.481 e. The van der Waals surface area contributed by atoms with Gasteiger partial charge in [-0.3, -0.25) is 4.79 Å². The third kappa shape index (κ3) is 1.66. The minimum absolute atomic E-state index is 0.149. The lowest BCUT2D eigenvalue weighted by atomic mass is 10.3. The molecule has 2 rings (SSSR count). The summed E-state index contributed by atoms with van der Waals surface area (Å²) in [6.45, 7) is 0. The van der Waals surface area contributed by atoms with Crippen LogP contribution in [0.4, 0.5) is 0 Å². The summed E-state index contributed by atoms with van der Waals surface area (Å²) in [6, 6.07) is 3.40. The standard InChI is InChI=1S/C9H7NO4/c11-8(12)4-6-5-14-9(10-6)7-2-1-3-13-7/h1-3,5H,4H2,(H,11,12). The number of hydrogen-bond acceptors (Lipinski definition) is 4. The molecule has 14 heavy (non-hydrogen) atoms. The van der Waals surface area contributed by atoms with Crippen molar-refractivity contribution in [2.24, 2.45) is 0 Å². The summed E-state index contributed by atoms with van der Waals surface area (Å²) in [4.78, 5) is 14.3. The van der Waals surface area contributed by atoms with E-state index in [1.54, 1.807) is 12.1 Å². The number of nitrogens with zero attached hydrogens (tertiary/aromatic N) is 1. The predicted octanol–water partition coefficient (Wildman–Crippen LogP) is 1.56. The molecule has 0 radical (unpaired) electrons. The van der Waals surface area contributed by atoms with E-state index < -0.39 is 5.97 Å². The van der Waals surface area contributed by atoms with Crippen LogP contribution >= 0.6 is 0 Å². The normalized spacial score (nSPS) is 10.3. The van der Waals surface area contributed by atoms with Crippen LogP contribution in [0.15, 0.2) is 33.5 Å². The highest BCUT2D eigenvalue weighted by Crippen LogP contribution is 2.18. The number of furan rings is 1. The molecular weight excluding hydrogens is 186 g/mol. The zero-order chi connectivity index (χ0) is 9.97. The molecule has 5 heteroatoms. The summed E-state index contributed by atoms with van der Waals surface area (Å²) in [5, 5.41) is 8.50. The fourth-order valence-electron chi connectivity index (χ4n) is 1.06. The van der Waals surface area contributed by atoms with Crippen molar-refractivity contribution >= 4 is 5.97 Å². The van der Waals surface area contributed by atoms with Crippen molar-refractivity contribution in [2.75, 3.05) is 0 Å². The van der Waals surface area contributed by atoms with Gasteiger partial charge >= 0.3 is 5.97 Å². The first-order chi connectivity index (χ1) is 6.75. The van der Waals surface area contributed by atoms with Gasteiger partial charge in [0.1, 0.15) is 6.26 Å². The molecule has 0 aliphatic heterocycles. The second-order valence-corrected chi connectivity index (χ2v) is 2.69. The quantitative estimate of drug-likeness (QED) is 0.800. The van der Waals surface area contributed by atoms with Crippen LogP contribution in [0.3, 0.4) is 0 Å². The summed E-state index contributed by atoms with van der Waals surface area (Å²) in [5.74, 6) is -0.155. The minimum atomic E-state index is -0.940. The smallest absolute Gasteiger partial charge is 0.309 e. The van der Waals surface area contributed by atoms with Crippen molar-refractivity contribution in [2.45, 2.75) is 6.42 Å². The molecule has 0 saturated carbocycles. The van der Waals surface area contributed by atoms with Gasteiger partial charge in [0.15, 0.2) is 5.76 Å². The van der Waals surface area contributed by atoms with Gasteiger partial charge in [0.25, 0.3) is 5.89 Å². The molecule has 2 aromatic rings. The van der Waals surface area contributed by atoms with E-state index in [-0.39, 0.29) is 6.42 Å². The number of aliphatic carboxylic acids is 1. The molecule has 72 valence electrons. The highest BCUT2D eigenvalue weighted by Gasteiger charge is 2.10. The van der Waals surface area contributed by atoms with E-state index in [1.165, 1.54) is 12.5 Å². The van der Waals surface area contributed by atoms with Gasteiger partial charge in [-0.2, -0.15) is 0 Å². The zero-order valence-corrected chi connectivity index (χ0v) is 7.14. The van der Waals surface area contributed by atoms with E-state index in [0.29, 0.717) is 17.3 Å². The predicted molar refractivity (Wildman–Crippen MR) is 45.5 cm³/mol. The molecular formula is C9H7NO4. The Labute approximate surface area is 79.0 Å². The maximum absolute atomic E-state index is 10.4. The van der Waals surface area contributed by atoms with E-state index in [0.717, 1.165) is 0 Å². The number of carbonyl (C=O) groups is 1. The maximum atomic E-state index is 10.4. The highest BCUT2D eigenvalue weighted by molar-refractivity contribution is 5.69. The molecule has 0 fully saturated rings. The Balaban J connectivity index is 2.22. The lowest BCUT2D eigenvalue weighted by Crippen LogP contribution is -1.99. The molecule has 0 aliphatic carbocycles. The van der Waals surface area contributed by atoms with E-state index in [1.807, 2.05) is 0 Å². The number of aromatic nitrogens is 1. The van der Waals surface area contributed by atoms with Gasteiger partial charge < -0.3 is 13.9 Å². The first-order valence-corrected chi connectivity index (χ1v) is 3.96. The van der Waals surface area contributed by atoms with Crippen molar-refractivity contribution in [1.82, 2.24) is 4.98 Å². The lowest BCUT2D eigenvalue weighted by Gasteiger charge is -1.86. The topological polar surface area (TPSA) is 76.5 Å². The molecule has 0 saturated heterocycles. The summed E-state index contributed by atoms with van der Waals surface area (Å²) in [6.07, 6.45) is 2.66. The van der Waals surface area contributed by atoms with Gasteiger partial charge in [-0.05, 0) is 12.1 Å². The highest BCUT2D eigenvalue weighted by atomic mass is 16.4. The Morgan fingerprint density at radius 1 is 1.50 bits per heavy atom. The van der Waals surface area contributed by atoms with Gasteiger partial charge in [0.2, 0.25) is 0 Å². The van der Waals surface area contributed by atoms with Crippen LogP contribution in [-0.2, 0) is 11.2 Å². The summed E-state index contributed by atoms with van der Waals surface area (Å²) in [7, 11) is 0. The number of carboxylic acids is 1. The molecule has 0 spiro atoms. The fourth-order valence-corrected chi connectivity index (χ4v) is 1.06. The average Bonchev–Trinajstić information content (AvgIpc) is 2.69. The van der Waals surface area contributed by atoms with E-state index in [4.69, 9.17) is 13.9 Å². The Morgan fingerprint density at radius 2 is 2.36 bits per heavy atom. The fraction of sp³-hybridized carbons (Fsp3) is 0.111. The molecule has 0 atom stereocenters. The monoisotopic (exact) mass is 193 g/mol. The summed E-state index contributed by atoms with van der Waals surface area (Å²) >= 11 is 0. The zero-order valence-electron chi connectivity index (χ0n) is 7.14. The summed E-state index contributed by atoms with van der Waals surface area (Å²) < 4.78 is 10.1. The molecule has 0 unspecified atom stereocenters. The van der Waals surface area contributed by atoms with Crippen molar-refractivity contribution in [3.8, 4) is 11.7 Å². The molecule has 0 aliphatic rings. The second kappa shape index (κ2) is 3.37. The Morgan fingerprint density at radius 3 is 3.00 bits per heavy atom. The third-order valence-corrected chi connectivity index (χ3v) is 1.62. The van der Waals surface area contributed by atoms with Crippen molar-refractivity contribution in [1.29, 1.82) is 0 Å². The lowest BCUT2D eigenvalue weighted by molar-refractivity contribution is -0.136. The van der Waals surface area contributed by atoms with Crippen LogP contribution in [0, 0.1) is 0 Å². The van der Waals surface area contributed by atoms with Crippen LogP contribution in [0.1, 0.15) is 5.69 Å². The molecule has 2 aromatic heterocycles. The van der Waals surface area contributed by atoms with Crippen LogP contribution in [0.5, 0.6) is 0 Å². The first kappa shape index (κ1) is 8.55. The molecule has 0 amide bonds. The number of oxazole rings is 1. The Bertz CT molecular complexity index is 429.